The topological polar surface area (TPSA) is 21.3 Å². The van der Waals surface area contributed by atoms with Crippen molar-refractivity contribution in [1.82, 2.24) is 5.32 Å². The van der Waals surface area contributed by atoms with Crippen LogP contribution in [-0.2, 0) is 5.60 Å². The number of ether oxygens (including phenoxy) is 1. The molecule has 0 amide bonds. The molecule has 2 aromatic carbocycles. The van der Waals surface area contributed by atoms with Crippen molar-refractivity contribution in [1.29, 1.82) is 0 Å². The summed E-state index contributed by atoms with van der Waals surface area (Å²) in [6.07, 6.45) is 1.08. The van der Waals surface area contributed by atoms with Gasteiger partial charge in [0.1, 0.15) is 11.4 Å². The summed E-state index contributed by atoms with van der Waals surface area (Å²) in [6, 6.07) is 16.9. The molecular formula is C19H19NOS. The van der Waals surface area contributed by atoms with Gasteiger partial charge in [0.25, 0.3) is 0 Å². The van der Waals surface area contributed by atoms with E-state index in [-0.39, 0.29) is 5.60 Å². The molecule has 0 aliphatic heterocycles. The first-order valence-corrected chi connectivity index (χ1v) is 8.62. The van der Waals surface area contributed by atoms with Crippen molar-refractivity contribution in [2.24, 2.45) is 5.92 Å². The van der Waals surface area contributed by atoms with Crippen LogP contribution in [0.25, 0.3) is 10.8 Å². The lowest BCUT2D eigenvalue weighted by Crippen LogP contribution is -2.23. The molecule has 1 N–H and O–H groups in total. The number of hydrogen-bond acceptors (Lipinski definition) is 3. The second kappa shape index (κ2) is 5.41. The van der Waals surface area contributed by atoms with E-state index in [1.165, 1.54) is 16.3 Å². The number of fused-ring (bicyclic) bond motifs is 1. The van der Waals surface area contributed by atoms with Gasteiger partial charge in [-0.15, -0.1) is 0 Å². The Labute approximate surface area is 134 Å². The lowest BCUT2D eigenvalue weighted by Gasteiger charge is -2.21. The number of rotatable bonds is 5. The zero-order chi connectivity index (χ0) is 15.0. The van der Waals surface area contributed by atoms with Crippen molar-refractivity contribution in [3.63, 3.8) is 0 Å². The molecule has 2 nitrogen and oxygen atoms in total. The minimum Gasteiger partial charge on any atom is -0.482 e. The summed E-state index contributed by atoms with van der Waals surface area (Å²) in [7, 11) is 2.01. The van der Waals surface area contributed by atoms with Gasteiger partial charge in [0.05, 0.1) is 0 Å². The van der Waals surface area contributed by atoms with Gasteiger partial charge < -0.3 is 10.1 Å². The molecule has 1 aromatic heterocycles. The predicted molar refractivity (Wildman–Crippen MR) is 92.6 cm³/mol. The molecular weight excluding hydrogens is 290 g/mol. The van der Waals surface area contributed by atoms with Crippen LogP contribution in [-0.4, -0.2) is 13.6 Å². The monoisotopic (exact) mass is 309 g/mol. The normalized spacial score (nSPS) is 23.6. The summed E-state index contributed by atoms with van der Waals surface area (Å²) < 4.78 is 6.60. The second-order valence-corrected chi connectivity index (χ2v) is 6.72. The van der Waals surface area contributed by atoms with E-state index in [0.717, 1.165) is 18.7 Å². The molecule has 3 heteroatoms. The second-order valence-electron chi connectivity index (χ2n) is 5.94. The summed E-state index contributed by atoms with van der Waals surface area (Å²) in [5, 5.41) is 10.1. The highest BCUT2D eigenvalue weighted by Crippen LogP contribution is 2.55. The van der Waals surface area contributed by atoms with E-state index in [0.29, 0.717) is 5.92 Å². The molecule has 0 saturated heterocycles. The molecule has 0 radical (unpaired) electrons. The molecule has 0 spiro atoms. The van der Waals surface area contributed by atoms with Gasteiger partial charge >= 0.3 is 0 Å². The first kappa shape index (κ1) is 13.8. The fraction of sp³-hybridized carbons (Fsp3) is 0.263. The summed E-state index contributed by atoms with van der Waals surface area (Å²) in [4.78, 5) is 0. The average molecular weight is 309 g/mol. The van der Waals surface area contributed by atoms with Gasteiger partial charge in [-0.2, -0.15) is 11.3 Å². The first-order chi connectivity index (χ1) is 10.8. The highest BCUT2D eigenvalue weighted by Gasteiger charge is 2.58. The van der Waals surface area contributed by atoms with Crippen molar-refractivity contribution in [3.8, 4) is 5.75 Å². The largest absolute Gasteiger partial charge is 0.482 e. The quantitative estimate of drug-likeness (QED) is 0.753. The third-order valence-electron chi connectivity index (χ3n) is 4.55. The highest BCUT2D eigenvalue weighted by atomic mass is 32.1. The Morgan fingerprint density at radius 3 is 2.86 bits per heavy atom. The van der Waals surface area contributed by atoms with E-state index in [4.69, 9.17) is 4.74 Å². The molecule has 2 atom stereocenters. The number of nitrogens with one attached hydrogen (secondary N) is 1. The van der Waals surface area contributed by atoms with Crippen molar-refractivity contribution in [2.45, 2.75) is 12.0 Å². The maximum Gasteiger partial charge on any atom is 0.139 e. The number of benzene rings is 2. The van der Waals surface area contributed by atoms with Gasteiger partial charge in [-0.3, -0.25) is 0 Å². The fourth-order valence-electron chi connectivity index (χ4n) is 3.31. The summed E-state index contributed by atoms with van der Waals surface area (Å²) >= 11 is 1.74. The Kier molecular flexibility index (Phi) is 3.40. The van der Waals surface area contributed by atoms with Gasteiger partial charge in [-0.25, -0.2) is 0 Å². The molecule has 22 heavy (non-hydrogen) atoms. The van der Waals surface area contributed by atoms with Crippen LogP contribution in [0.5, 0.6) is 5.75 Å². The molecule has 1 heterocycles. The van der Waals surface area contributed by atoms with E-state index < -0.39 is 0 Å². The van der Waals surface area contributed by atoms with Crippen molar-refractivity contribution >= 4 is 22.1 Å². The zero-order valence-corrected chi connectivity index (χ0v) is 13.4. The Morgan fingerprint density at radius 1 is 1.18 bits per heavy atom. The molecule has 1 fully saturated rings. The molecule has 4 rings (SSSR count). The molecule has 0 bridgehead atoms. The minimum absolute atomic E-state index is 0.160. The first-order valence-electron chi connectivity index (χ1n) is 7.67. The van der Waals surface area contributed by atoms with Crippen LogP contribution in [0, 0.1) is 5.92 Å². The van der Waals surface area contributed by atoms with Gasteiger partial charge in [-0.05, 0) is 41.7 Å². The summed E-state index contributed by atoms with van der Waals surface area (Å²) in [5.41, 5.74) is 1.15. The van der Waals surface area contributed by atoms with E-state index in [1.807, 2.05) is 7.05 Å². The summed E-state index contributed by atoms with van der Waals surface area (Å²) in [6.45, 7) is 0.987. The third kappa shape index (κ3) is 2.21. The van der Waals surface area contributed by atoms with E-state index in [1.54, 1.807) is 11.3 Å². The molecule has 0 unspecified atom stereocenters. The molecule has 1 saturated carbocycles. The maximum absolute atomic E-state index is 6.60. The Balaban J connectivity index is 1.73. The minimum atomic E-state index is -0.160. The number of hydrogen-bond donors (Lipinski definition) is 1. The predicted octanol–water partition coefficient (Wildman–Crippen LogP) is 4.41. The molecule has 3 aromatic rings. The van der Waals surface area contributed by atoms with Crippen molar-refractivity contribution in [2.75, 3.05) is 13.6 Å². The van der Waals surface area contributed by atoms with Gasteiger partial charge in [0, 0.05) is 23.4 Å². The van der Waals surface area contributed by atoms with Crippen LogP contribution in [0.3, 0.4) is 0 Å². The smallest absolute Gasteiger partial charge is 0.139 e. The Morgan fingerprint density at radius 2 is 2.05 bits per heavy atom. The molecule has 112 valence electrons. The van der Waals surface area contributed by atoms with Crippen molar-refractivity contribution in [3.05, 3.63) is 64.9 Å². The molecule has 1 aliphatic rings. The van der Waals surface area contributed by atoms with E-state index >= 15 is 0 Å². The van der Waals surface area contributed by atoms with Gasteiger partial charge in [0.2, 0.25) is 0 Å². The lowest BCUT2D eigenvalue weighted by molar-refractivity contribution is 0.163. The van der Waals surface area contributed by atoms with Gasteiger partial charge in [-0.1, -0.05) is 36.4 Å². The SMILES string of the molecule is CNC[C@H]1C[C@@]1(Oc1cccc2ccccc12)c1ccsc1. The standard InChI is InChI=1S/C19H19NOS/c1-20-12-16-11-19(16,15-9-10-22-13-15)21-18-8-4-6-14-5-2-3-7-17(14)18/h2-10,13,16,20H,11-12H2,1H3/t16-,19-/m1/s1. The van der Waals surface area contributed by atoms with Crippen molar-refractivity contribution < 1.29 is 4.74 Å². The average Bonchev–Trinajstić information content (AvgIpc) is 2.99. The van der Waals surface area contributed by atoms with Crippen LogP contribution in [0.4, 0.5) is 0 Å². The van der Waals surface area contributed by atoms with Gasteiger partial charge in [0.15, 0.2) is 0 Å². The summed E-state index contributed by atoms with van der Waals surface area (Å²) in [5.74, 6) is 1.52. The maximum atomic E-state index is 6.60. The van der Waals surface area contributed by atoms with Crippen LogP contribution in [0.15, 0.2) is 59.3 Å². The fourth-order valence-corrected chi connectivity index (χ4v) is 4.04. The molecule has 1 aliphatic carbocycles. The third-order valence-corrected chi connectivity index (χ3v) is 5.23. The van der Waals surface area contributed by atoms with Crippen LogP contribution in [0.1, 0.15) is 12.0 Å². The Hall–Kier alpha value is -1.84. The Bertz CT molecular complexity index is 778. The van der Waals surface area contributed by atoms with Crippen LogP contribution in [0.2, 0.25) is 0 Å². The van der Waals surface area contributed by atoms with Crippen LogP contribution >= 0.6 is 11.3 Å². The van der Waals surface area contributed by atoms with E-state index in [2.05, 4.69) is 64.6 Å². The number of thiophene rings is 1. The highest BCUT2D eigenvalue weighted by molar-refractivity contribution is 7.08. The van der Waals surface area contributed by atoms with Crippen LogP contribution < -0.4 is 10.1 Å². The zero-order valence-electron chi connectivity index (χ0n) is 12.6. The lowest BCUT2D eigenvalue weighted by atomic mass is 10.1. The van der Waals surface area contributed by atoms with E-state index in [9.17, 15) is 0 Å².